The molecule has 20 heavy (non-hydrogen) atoms. The van der Waals surface area contributed by atoms with Crippen LogP contribution in [0.2, 0.25) is 0 Å². The first kappa shape index (κ1) is 17.2. The SMILES string of the molecule is CCCNC(CCCS(=O)(=O)CC)c1ccc(CC)o1. The molecule has 1 aromatic rings. The molecule has 1 unspecified atom stereocenters. The van der Waals surface area contributed by atoms with Crippen molar-refractivity contribution in [1.29, 1.82) is 0 Å². The van der Waals surface area contributed by atoms with E-state index in [1.165, 1.54) is 0 Å². The Balaban J connectivity index is 2.60. The monoisotopic (exact) mass is 301 g/mol. The van der Waals surface area contributed by atoms with E-state index in [-0.39, 0.29) is 17.5 Å². The smallest absolute Gasteiger partial charge is 0.150 e. The van der Waals surface area contributed by atoms with E-state index < -0.39 is 9.84 Å². The molecule has 5 heteroatoms. The largest absolute Gasteiger partial charge is 0.464 e. The number of hydrogen-bond donors (Lipinski definition) is 1. The predicted molar refractivity (Wildman–Crippen MR) is 82.7 cm³/mol. The number of furan rings is 1. The third kappa shape index (κ3) is 5.67. The number of aryl methyl sites for hydroxylation is 1. The Bertz CT molecular complexity index is 479. The Morgan fingerprint density at radius 2 is 2.00 bits per heavy atom. The van der Waals surface area contributed by atoms with Crippen LogP contribution >= 0.6 is 0 Å². The normalized spacial score (nSPS) is 13.6. The van der Waals surface area contributed by atoms with Crippen molar-refractivity contribution in [2.45, 2.75) is 52.5 Å². The summed E-state index contributed by atoms with van der Waals surface area (Å²) in [5, 5.41) is 3.44. The highest BCUT2D eigenvalue weighted by Crippen LogP contribution is 2.22. The van der Waals surface area contributed by atoms with E-state index >= 15 is 0 Å². The summed E-state index contributed by atoms with van der Waals surface area (Å²) in [6.45, 7) is 6.78. The lowest BCUT2D eigenvalue weighted by Crippen LogP contribution is -2.22. The fourth-order valence-corrected chi connectivity index (χ4v) is 2.98. The van der Waals surface area contributed by atoms with E-state index in [1.54, 1.807) is 6.92 Å². The fraction of sp³-hybridized carbons (Fsp3) is 0.733. The maximum atomic E-state index is 11.5. The van der Waals surface area contributed by atoms with E-state index in [1.807, 2.05) is 12.1 Å². The molecule has 0 radical (unpaired) electrons. The predicted octanol–water partition coefficient (Wildman–Crippen LogP) is 3.10. The van der Waals surface area contributed by atoms with Gasteiger partial charge < -0.3 is 9.73 Å². The molecule has 1 atom stereocenters. The zero-order chi connectivity index (χ0) is 15.0. The molecule has 1 heterocycles. The van der Waals surface area contributed by atoms with Gasteiger partial charge in [-0.25, -0.2) is 8.42 Å². The first-order chi connectivity index (χ1) is 9.52. The maximum absolute atomic E-state index is 11.5. The molecule has 0 saturated carbocycles. The Labute approximate surface area is 122 Å². The van der Waals surface area contributed by atoms with Crippen LogP contribution in [0.4, 0.5) is 0 Å². The van der Waals surface area contributed by atoms with Gasteiger partial charge >= 0.3 is 0 Å². The van der Waals surface area contributed by atoms with E-state index in [2.05, 4.69) is 19.2 Å². The molecule has 0 aliphatic heterocycles. The van der Waals surface area contributed by atoms with Gasteiger partial charge in [0, 0.05) is 12.2 Å². The molecule has 4 nitrogen and oxygen atoms in total. The molecule has 0 aromatic carbocycles. The average Bonchev–Trinajstić information content (AvgIpc) is 2.91. The van der Waals surface area contributed by atoms with Crippen LogP contribution in [0.15, 0.2) is 16.5 Å². The van der Waals surface area contributed by atoms with E-state index in [4.69, 9.17) is 4.42 Å². The molecule has 0 bridgehead atoms. The summed E-state index contributed by atoms with van der Waals surface area (Å²) in [5.74, 6) is 2.38. The van der Waals surface area contributed by atoms with Crippen molar-refractivity contribution < 1.29 is 12.8 Å². The van der Waals surface area contributed by atoms with Gasteiger partial charge in [-0.2, -0.15) is 0 Å². The lowest BCUT2D eigenvalue weighted by molar-refractivity contribution is 0.378. The van der Waals surface area contributed by atoms with E-state index in [0.29, 0.717) is 6.42 Å². The first-order valence-corrected chi connectivity index (χ1v) is 9.37. The highest BCUT2D eigenvalue weighted by Gasteiger charge is 2.16. The molecule has 0 saturated heterocycles. The van der Waals surface area contributed by atoms with Crippen LogP contribution < -0.4 is 5.32 Å². The maximum Gasteiger partial charge on any atom is 0.150 e. The second kappa shape index (κ2) is 8.47. The minimum absolute atomic E-state index is 0.113. The summed E-state index contributed by atoms with van der Waals surface area (Å²) in [4.78, 5) is 0. The van der Waals surface area contributed by atoms with Gasteiger partial charge in [0.15, 0.2) is 0 Å². The van der Waals surface area contributed by atoms with Crippen molar-refractivity contribution in [1.82, 2.24) is 5.32 Å². The fourth-order valence-electron chi connectivity index (χ4n) is 2.09. The molecule has 0 amide bonds. The summed E-state index contributed by atoms with van der Waals surface area (Å²) in [5.41, 5.74) is 0. The van der Waals surface area contributed by atoms with Crippen LogP contribution in [0.5, 0.6) is 0 Å². The summed E-state index contributed by atoms with van der Waals surface area (Å²) >= 11 is 0. The third-order valence-electron chi connectivity index (χ3n) is 3.40. The highest BCUT2D eigenvalue weighted by atomic mass is 32.2. The van der Waals surface area contributed by atoms with Crippen LogP contribution in [0.1, 0.15) is 57.6 Å². The highest BCUT2D eigenvalue weighted by molar-refractivity contribution is 7.91. The Morgan fingerprint density at radius 3 is 2.55 bits per heavy atom. The molecule has 1 aromatic heterocycles. The van der Waals surface area contributed by atoms with Crippen LogP contribution in [-0.4, -0.2) is 26.5 Å². The van der Waals surface area contributed by atoms with Crippen molar-refractivity contribution >= 4 is 9.84 Å². The van der Waals surface area contributed by atoms with Gasteiger partial charge in [-0.3, -0.25) is 0 Å². The summed E-state index contributed by atoms with van der Waals surface area (Å²) in [6.07, 6.45) is 3.38. The van der Waals surface area contributed by atoms with Gasteiger partial charge in [-0.1, -0.05) is 20.8 Å². The second-order valence-electron chi connectivity index (χ2n) is 5.04. The number of nitrogens with one attached hydrogen (secondary N) is 1. The van der Waals surface area contributed by atoms with Crippen molar-refractivity contribution in [2.24, 2.45) is 0 Å². The lowest BCUT2D eigenvalue weighted by atomic mass is 10.1. The van der Waals surface area contributed by atoms with E-state index in [9.17, 15) is 8.42 Å². The van der Waals surface area contributed by atoms with Crippen LogP contribution in [0.3, 0.4) is 0 Å². The zero-order valence-corrected chi connectivity index (χ0v) is 13.6. The molecule has 1 rings (SSSR count). The molecule has 0 fully saturated rings. The minimum atomic E-state index is -2.88. The Kier molecular flexibility index (Phi) is 7.30. The van der Waals surface area contributed by atoms with E-state index in [0.717, 1.165) is 37.3 Å². The van der Waals surface area contributed by atoms with Crippen LogP contribution in [0, 0.1) is 0 Å². The van der Waals surface area contributed by atoms with Gasteiger partial charge in [-0.15, -0.1) is 0 Å². The van der Waals surface area contributed by atoms with Gasteiger partial charge in [0.25, 0.3) is 0 Å². The number of rotatable bonds is 10. The first-order valence-electron chi connectivity index (χ1n) is 7.54. The van der Waals surface area contributed by atoms with Crippen molar-refractivity contribution in [2.75, 3.05) is 18.1 Å². The summed E-state index contributed by atoms with van der Waals surface area (Å²) < 4.78 is 28.9. The Morgan fingerprint density at radius 1 is 1.25 bits per heavy atom. The third-order valence-corrected chi connectivity index (χ3v) is 5.19. The number of sulfone groups is 1. The minimum Gasteiger partial charge on any atom is -0.464 e. The summed E-state index contributed by atoms with van der Waals surface area (Å²) in [6, 6.07) is 4.11. The van der Waals surface area contributed by atoms with Crippen LogP contribution in [0.25, 0.3) is 0 Å². The van der Waals surface area contributed by atoms with Gasteiger partial charge in [-0.05, 0) is 37.9 Å². The average molecular weight is 301 g/mol. The van der Waals surface area contributed by atoms with Gasteiger partial charge in [0.1, 0.15) is 21.4 Å². The van der Waals surface area contributed by atoms with Crippen molar-refractivity contribution in [3.8, 4) is 0 Å². The topological polar surface area (TPSA) is 59.3 Å². The van der Waals surface area contributed by atoms with Gasteiger partial charge in [0.2, 0.25) is 0 Å². The van der Waals surface area contributed by atoms with Gasteiger partial charge in [0.05, 0.1) is 11.8 Å². The molecule has 0 aliphatic rings. The standard InChI is InChI=1S/C15H27NO3S/c1-4-11-16-14(8-7-12-20(17,18)6-3)15-10-9-13(5-2)19-15/h9-10,14,16H,4-8,11-12H2,1-3H3. The van der Waals surface area contributed by atoms with Crippen LogP contribution in [-0.2, 0) is 16.3 Å². The molecule has 116 valence electrons. The molecule has 1 N–H and O–H groups in total. The number of hydrogen-bond acceptors (Lipinski definition) is 4. The van der Waals surface area contributed by atoms with Crippen molar-refractivity contribution in [3.63, 3.8) is 0 Å². The molecular formula is C15H27NO3S. The molecular weight excluding hydrogens is 274 g/mol. The summed E-state index contributed by atoms with van der Waals surface area (Å²) in [7, 11) is -2.88. The Hall–Kier alpha value is -0.810. The lowest BCUT2D eigenvalue weighted by Gasteiger charge is -2.16. The quantitative estimate of drug-likeness (QED) is 0.721. The van der Waals surface area contributed by atoms with Crippen molar-refractivity contribution in [3.05, 3.63) is 23.7 Å². The molecule has 0 aliphatic carbocycles. The molecule has 0 spiro atoms. The second-order valence-corrected chi connectivity index (χ2v) is 7.52. The zero-order valence-electron chi connectivity index (χ0n) is 12.8.